The third-order valence-electron chi connectivity index (χ3n) is 5.20. The van der Waals surface area contributed by atoms with Crippen molar-refractivity contribution < 1.29 is 46.9 Å². The minimum Gasteiger partial charge on any atom is -0.378 e. The highest BCUT2D eigenvalue weighted by Crippen LogP contribution is 2.56. The summed E-state index contributed by atoms with van der Waals surface area (Å²) in [5.41, 5.74) is 0. The van der Waals surface area contributed by atoms with Gasteiger partial charge in [-0.05, 0) is 19.3 Å². The van der Waals surface area contributed by atoms with Gasteiger partial charge in [0.2, 0.25) is 17.3 Å². The molecule has 0 unspecified atom stereocenters. The average molecular weight is 703 g/mol. The number of amides is 3. The fourth-order valence-corrected chi connectivity index (χ4v) is 4.63. The van der Waals surface area contributed by atoms with E-state index in [-0.39, 0.29) is 19.6 Å². The molecule has 0 rings (SSSR count). The number of unbranched alkanes of at least 4 members (excludes halogenated alkanes) is 3. The van der Waals surface area contributed by atoms with Crippen molar-refractivity contribution in [2.75, 3.05) is 19.6 Å². The Morgan fingerprint density at radius 1 is 0.523 bits per heavy atom. The van der Waals surface area contributed by atoms with Gasteiger partial charge in [-0.15, -0.1) is 0 Å². The third-order valence-corrected chi connectivity index (χ3v) is 7.73. The van der Waals surface area contributed by atoms with Gasteiger partial charge in [0.25, 0.3) is 17.7 Å². The van der Waals surface area contributed by atoms with Gasteiger partial charge in [0.15, 0.2) is 17.3 Å². The monoisotopic (exact) mass is 701 g/mol. The van der Waals surface area contributed by atoms with Crippen molar-refractivity contribution in [3.8, 4) is 0 Å². The molecule has 0 aliphatic rings. The number of Topliss-reactive ketones (excluding diaryl/α,β-unsaturated/α-hetero) is 3. The van der Waals surface area contributed by atoms with Crippen molar-refractivity contribution in [3.63, 3.8) is 0 Å². The number of rotatable bonds is 21. The van der Waals surface area contributed by atoms with Crippen LogP contribution in [0.5, 0.6) is 0 Å². The standard InChI is InChI=1S/C27H39Cl3N3O10P/c1-7-10-13-31-25(37)22(19(28)16(4)34)41-44(40,42-23(20(29)17(5)35)26(38)32-14-11-8-2)43-24(21(30)18(6)36)27(39)33-15-12-9-3/h7-15H2,1-6H3,(H,31,37)(H,32,38)(H,33,39)/b22-19+,23-20+,24-21+. The van der Waals surface area contributed by atoms with Gasteiger partial charge in [-0.3, -0.25) is 28.8 Å². The summed E-state index contributed by atoms with van der Waals surface area (Å²) in [5.74, 6) is -9.39. The van der Waals surface area contributed by atoms with E-state index >= 15 is 0 Å². The highest BCUT2D eigenvalue weighted by atomic mass is 35.5. The van der Waals surface area contributed by atoms with E-state index in [1.165, 1.54) is 0 Å². The number of carbonyl (C=O) groups is 6. The summed E-state index contributed by atoms with van der Waals surface area (Å²) in [5, 5.41) is 4.64. The highest BCUT2D eigenvalue weighted by molar-refractivity contribution is 7.49. The molecule has 0 aliphatic heterocycles. The largest absolute Gasteiger partial charge is 0.647 e. The predicted octanol–water partition coefficient (Wildman–Crippen LogP) is 5.01. The summed E-state index contributed by atoms with van der Waals surface area (Å²) < 4.78 is 30.2. The Kier molecular flexibility index (Phi) is 19.6. The molecule has 0 saturated heterocycles. The van der Waals surface area contributed by atoms with Gasteiger partial charge in [-0.1, -0.05) is 74.8 Å². The lowest BCUT2D eigenvalue weighted by Gasteiger charge is -2.23. The molecule has 44 heavy (non-hydrogen) atoms. The fourth-order valence-electron chi connectivity index (χ4n) is 2.79. The summed E-state index contributed by atoms with van der Waals surface area (Å²) in [6, 6.07) is 0. The fraction of sp³-hybridized carbons (Fsp3) is 0.556. The molecule has 0 radical (unpaired) electrons. The van der Waals surface area contributed by atoms with Gasteiger partial charge in [0, 0.05) is 40.4 Å². The quantitative estimate of drug-likeness (QED) is 0.0636. The van der Waals surface area contributed by atoms with Crippen molar-refractivity contribution in [2.45, 2.75) is 80.1 Å². The Hall–Kier alpha value is -2.86. The smallest absolute Gasteiger partial charge is 0.378 e. The number of halogens is 3. The van der Waals surface area contributed by atoms with Crippen LogP contribution in [-0.4, -0.2) is 54.7 Å². The first kappa shape index (κ1) is 41.1. The molecule has 0 spiro atoms. The van der Waals surface area contributed by atoms with Crippen molar-refractivity contribution in [2.24, 2.45) is 0 Å². The van der Waals surface area contributed by atoms with Crippen molar-refractivity contribution in [3.05, 3.63) is 32.4 Å². The summed E-state index contributed by atoms with van der Waals surface area (Å²) in [6.45, 7) is 8.67. The third kappa shape index (κ3) is 14.3. The van der Waals surface area contributed by atoms with E-state index in [9.17, 15) is 33.3 Å². The van der Waals surface area contributed by atoms with Gasteiger partial charge in [0.05, 0.1) is 0 Å². The molecule has 17 heteroatoms. The Labute approximate surface area is 272 Å². The second-order valence-corrected chi connectivity index (χ2v) is 11.7. The van der Waals surface area contributed by atoms with E-state index in [0.717, 1.165) is 20.8 Å². The molecule has 0 atom stereocenters. The van der Waals surface area contributed by atoms with E-state index < -0.39 is 75.3 Å². The topological polar surface area (TPSA) is 183 Å². The van der Waals surface area contributed by atoms with E-state index in [2.05, 4.69) is 16.0 Å². The molecule has 0 saturated carbocycles. The SMILES string of the molecule is CCCCNC(=O)/C(OP(=O)(O/C(C(=O)NCCCC)=C(/Cl)C(C)=O)O/C(C(=O)NCCCC)=C(/Cl)C(C)=O)=C(\Cl)C(C)=O. The summed E-state index contributed by atoms with van der Waals surface area (Å²) in [4.78, 5) is 75.5. The van der Waals surface area contributed by atoms with Crippen LogP contribution in [-0.2, 0) is 46.9 Å². The van der Waals surface area contributed by atoms with E-state index in [1.54, 1.807) is 0 Å². The lowest BCUT2D eigenvalue weighted by Crippen LogP contribution is -2.31. The maximum absolute atomic E-state index is 14.3. The molecular formula is C27H39Cl3N3O10P. The molecule has 0 aromatic heterocycles. The lowest BCUT2D eigenvalue weighted by molar-refractivity contribution is -0.122. The molecule has 248 valence electrons. The van der Waals surface area contributed by atoms with Crippen LogP contribution in [0.15, 0.2) is 32.4 Å². The summed E-state index contributed by atoms with van der Waals surface area (Å²) in [7, 11) is -5.61. The van der Waals surface area contributed by atoms with Crippen LogP contribution in [0.1, 0.15) is 80.1 Å². The normalized spacial score (nSPS) is 12.9. The molecule has 0 aromatic rings. The second-order valence-electron chi connectivity index (χ2n) is 9.15. The molecule has 0 heterocycles. The number of phosphoric acid groups is 1. The average Bonchev–Trinajstić information content (AvgIpc) is 2.96. The van der Waals surface area contributed by atoms with Crippen LogP contribution in [0.3, 0.4) is 0 Å². The first-order chi connectivity index (χ1) is 20.6. The lowest BCUT2D eigenvalue weighted by atomic mass is 10.3. The van der Waals surface area contributed by atoms with Gasteiger partial charge in [-0.2, -0.15) is 4.57 Å². The molecule has 0 fully saturated rings. The van der Waals surface area contributed by atoms with Crippen LogP contribution in [0.4, 0.5) is 0 Å². The Balaban J connectivity index is 7.32. The summed E-state index contributed by atoms with van der Waals surface area (Å²) in [6.07, 6.45) is 3.50. The zero-order valence-corrected chi connectivity index (χ0v) is 28.7. The molecule has 3 amide bonds. The van der Waals surface area contributed by atoms with E-state index in [4.69, 9.17) is 48.4 Å². The number of hydrogen-bond acceptors (Lipinski definition) is 10. The first-order valence-electron chi connectivity index (χ1n) is 13.8. The minimum absolute atomic E-state index is 0.0819. The Bertz CT molecular complexity index is 1100. The van der Waals surface area contributed by atoms with Gasteiger partial charge < -0.3 is 29.5 Å². The van der Waals surface area contributed by atoms with Gasteiger partial charge in [-0.25, -0.2) is 0 Å². The number of phosphoric ester groups is 1. The van der Waals surface area contributed by atoms with Crippen LogP contribution in [0.25, 0.3) is 0 Å². The molecule has 0 aromatic carbocycles. The van der Waals surface area contributed by atoms with E-state index in [0.29, 0.717) is 38.5 Å². The van der Waals surface area contributed by atoms with Crippen molar-refractivity contribution >= 4 is 77.7 Å². The molecule has 0 aliphatic carbocycles. The van der Waals surface area contributed by atoms with Crippen molar-refractivity contribution in [1.82, 2.24) is 16.0 Å². The Morgan fingerprint density at radius 3 is 0.932 bits per heavy atom. The molecular weight excluding hydrogens is 664 g/mol. The first-order valence-corrected chi connectivity index (χ1v) is 16.4. The molecule has 0 bridgehead atoms. The van der Waals surface area contributed by atoms with Crippen LogP contribution in [0, 0.1) is 0 Å². The van der Waals surface area contributed by atoms with Gasteiger partial charge >= 0.3 is 7.82 Å². The van der Waals surface area contributed by atoms with E-state index in [1.807, 2.05) is 20.8 Å². The number of hydrogen-bond donors (Lipinski definition) is 3. The molecule has 13 nitrogen and oxygen atoms in total. The van der Waals surface area contributed by atoms with Crippen LogP contribution in [0.2, 0.25) is 0 Å². The number of nitrogens with one attached hydrogen (secondary N) is 3. The maximum atomic E-state index is 14.3. The van der Waals surface area contributed by atoms with Gasteiger partial charge in [0.1, 0.15) is 15.1 Å². The molecule has 3 N–H and O–H groups in total. The number of allylic oxidation sites excluding steroid dienone is 3. The number of carbonyl (C=O) groups excluding carboxylic acids is 6. The van der Waals surface area contributed by atoms with Crippen LogP contribution < -0.4 is 16.0 Å². The predicted molar refractivity (Wildman–Crippen MR) is 165 cm³/mol. The minimum atomic E-state index is -5.61. The second kappa shape index (κ2) is 21.0. The van der Waals surface area contributed by atoms with Crippen LogP contribution >= 0.6 is 42.6 Å². The Morgan fingerprint density at radius 2 is 0.750 bits per heavy atom. The zero-order valence-electron chi connectivity index (χ0n) is 25.5. The summed E-state index contributed by atoms with van der Waals surface area (Å²) >= 11 is 18.2. The maximum Gasteiger partial charge on any atom is 0.647 e. The number of ketones is 3. The zero-order chi connectivity index (χ0) is 34.0. The van der Waals surface area contributed by atoms with Crippen molar-refractivity contribution in [1.29, 1.82) is 0 Å². The highest BCUT2D eigenvalue weighted by Gasteiger charge is 2.43.